The van der Waals surface area contributed by atoms with Crippen molar-refractivity contribution in [3.63, 3.8) is 0 Å². The van der Waals surface area contributed by atoms with Gasteiger partial charge in [-0.1, -0.05) is 44.2 Å². The van der Waals surface area contributed by atoms with Gasteiger partial charge in [-0.15, -0.1) is 0 Å². The van der Waals surface area contributed by atoms with Gasteiger partial charge < -0.3 is 25.5 Å². The summed E-state index contributed by atoms with van der Waals surface area (Å²) < 4.78 is 5.19. The highest BCUT2D eigenvalue weighted by Gasteiger charge is 2.30. The van der Waals surface area contributed by atoms with Gasteiger partial charge in [-0.05, 0) is 30.7 Å². The maximum absolute atomic E-state index is 12.7. The molecule has 0 saturated carbocycles. The molecule has 3 unspecified atom stereocenters. The fourth-order valence-corrected chi connectivity index (χ4v) is 3.22. The molecule has 2 rings (SSSR count). The second-order valence-corrected chi connectivity index (χ2v) is 7.65. The number of benzene rings is 1. The third-order valence-corrected chi connectivity index (χ3v) is 4.72. The largest absolute Gasteiger partial charge is 0.445 e. The second kappa shape index (κ2) is 11.2. The molecular formula is C21H29N3O5. The van der Waals surface area contributed by atoms with E-state index in [2.05, 4.69) is 16.0 Å². The van der Waals surface area contributed by atoms with Crippen LogP contribution in [0.15, 0.2) is 30.3 Å². The highest BCUT2D eigenvalue weighted by atomic mass is 16.5. The molecule has 1 aliphatic rings. The molecule has 1 aliphatic heterocycles. The van der Waals surface area contributed by atoms with Crippen LogP contribution in [0.1, 0.15) is 38.7 Å². The van der Waals surface area contributed by atoms with E-state index in [4.69, 9.17) is 4.74 Å². The van der Waals surface area contributed by atoms with Crippen LogP contribution < -0.4 is 16.0 Å². The first-order chi connectivity index (χ1) is 13.9. The van der Waals surface area contributed by atoms with Crippen molar-refractivity contribution < 1.29 is 23.9 Å². The number of carbonyl (C=O) groups excluding carboxylic acids is 4. The first-order valence-corrected chi connectivity index (χ1v) is 9.89. The zero-order valence-corrected chi connectivity index (χ0v) is 16.9. The van der Waals surface area contributed by atoms with Gasteiger partial charge in [0, 0.05) is 12.5 Å². The molecule has 0 bridgehead atoms. The lowest BCUT2D eigenvalue weighted by Gasteiger charge is -2.23. The molecule has 0 radical (unpaired) electrons. The molecular weight excluding hydrogens is 374 g/mol. The summed E-state index contributed by atoms with van der Waals surface area (Å²) in [6, 6.07) is 7.60. The third kappa shape index (κ3) is 7.56. The summed E-state index contributed by atoms with van der Waals surface area (Å²) in [6.07, 6.45) is 1.20. The van der Waals surface area contributed by atoms with Crippen LogP contribution in [-0.2, 0) is 25.7 Å². The Morgan fingerprint density at radius 3 is 2.55 bits per heavy atom. The lowest BCUT2D eigenvalue weighted by Crippen LogP contribution is -2.51. The van der Waals surface area contributed by atoms with Gasteiger partial charge in [0.25, 0.3) is 0 Å². The third-order valence-electron chi connectivity index (χ3n) is 4.72. The number of rotatable bonds is 10. The molecule has 1 fully saturated rings. The molecule has 158 valence electrons. The van der Waals surface area contributed by atoms with E-state index in [9.17, 15) is 19.2 Å². The molecule has 3 atom stereocenters. The lowest BCUT2D eigenvalue weighted by molar-refractivity contribution is -0.127. The molecule has 1 saturated heterocycles. The van der Waals surface area contributed by atoms with Crippen LogP contribution in [0.4, 0.5) is 4.79 Å². The van der Waals surface area contributed by atoms with Crippen LogP contribution in [0, 0.1) is 11.8 Å². The second-order valence-electron chi connectivity index (χ2n) is 7.65. The number of hydrogen-bond donors (Lipinski definition) is 3. The van der Waals surface area contributed by atoms with Crippen molar-refractivity contribution in [2.24, 2.45) is 11.8 Å². The van der Waals surface area contributed by atoms with Gasteiger partial charge in [-0.25, -0.2) is 4.79 Å². The van der Waals surface area contributed by atoms with Crippen molar-refractivity contribution >= 4 is 24.2 Å². The Labute approximate surface area is 170 Å². The van der Waals surface area contributed by atoms with Crippen molar-refractivity contribution in [2.75, 3.05) is 6.54 Å². The van der Waals surface area contributed by atoms with Crippen molar-refractivity contribution in [3.05, 3.63) is 35.9 Å². The van der Waals surface area contributed by atoms with Crippen molar-refractivity contribution in [1.82, 2.24) is 16.0 Å². The topological polar surface area (TPSA) is 114 Å². The van der Waals surface area contributed by atoms with E-state index in [1.54, 1.807) is 0 Å². The Morgan fingerprint density at radius 1 is 1.24 bits per heavy atom. The van der Waals surface area contributed by atoms with E-state index < -0.39 is 24.1 Å². The van der Waals surface area contributed by atoms with Crippen molar-refractivity contribution in [1.29, 1.82) is 0 Å². The molecule has 29 heavy (non-hydrogen) atoms. The predicted octanol–water partition coefficient (Wildman–Crippen LogP) is 1.54. The average molecular weight is 403 g/mol. The van der Waals surface area contributed by atoms with Gasteiger partial charge in [0.05, 0.1) is 6.04 Å². The molecule has 3 amide bonds. The minimum Gasteiger partial charge on any atom is -0.445 e. The molecule has 8 nitrogen and oxygen atoms in total. The molecule has 0 spiro atoms. The maximum atomic E-state index is 12.7. The van der Waals surface area contributed by atoms with Gasteiger partial charge >= 0.3 is 6.09 Å². The maximum Gasteiger partial charge on any atom is 0.408 e. The highest BCUT2D eigenvalue weighted by Crippen LogP contribution is 2.16. The number of amides is 3. The van der Waals surface area contributed by atoms with Gasteiger partial charge in [-0.2, -0.15) is 0 Å². The van der Waals surface area contributed by atoms with E-state index in [-0.39, 0.29) is 30.8 Å². The van der Waals surface area contributed by atoms with Crippen molar-refractivity contribution in [2.45, 2.75) is 51.8 Å². The molecule has 8 heteroatoms. The zero-order valence-electron chi connectivity index (χ0n) is 16.9. The van der Waals surface area contributed by atoms with Gasteiger partial charge in [0.1, 0.15) is 18.9 Å². The van der Waals surface area contributed by atoms with Gasteiger partial charge in [-0.3, -0.25) is 9.59 Å². The smallest absolute Gasteiger partial charge is 0.408 e. The fourth-order valence-electron chi connectivity index (χ4n) is 3.22. The van der Waals surface area contributed by atoms with Gasteiger partial charge in [0.15, 0.2) is 0 Å². The SMILES string of the molecule is CC(C)CC(NC(=O)OCc1ccccc1)C(=O)NC(C=O)CC1CCNC1=O. The Morgan fingerprint density at radius 2 is 1.97 bits per heavy atom. The minimum absolute atomic E-state index is 0.0937. The normalized spacial score (nSPS) is 17.9. The van der Waals surface area contributed by atoms with E-state index in [1.807, 2.05) is 44.2 Å². The monoisotopic (exact) mass is 403 g/mol. The predicted molar refractivity (Wildman–Crippen MR) is 107 cm³/mol. The van der Waals surface area contributed by atoms with E-state index in [0.717, 1.165) is 5.56 Å². The highest BCUT2D eigenvalue weighted by molar-refractivity contribution is 5.88. The number of ether oxygens (including phenoxy) is 1. The summed E-state index contributed by atoms with van der Waals surface area (Å²) in [4.78, 5) is 47.9. The van der Waals surface area contributed by atoms with Crippen LogP contribution in [-0.4, -0.2) is 42.8 Å². The summed E-state index contributed by atoms with van der Waals surface area (Å²) in [5.74, 6) is -0.730. The Hall–Kier alpha value is -2.90. The van der Waals surface area contributed by atoms with Crippen LogP contribution in [0.3, 0.4) is 0 Å². The summed E-state index contributed by atoms with van der Waals surface area (Å²) in [6.45, 7) is 4.53. The Kier molecular flexibility index (Phi) is 8.64. The van der Waals surface area contributed by atoms with E-state index in [1.165, 1.54) is 0 Å². The minimum atomic E-state index is -0.835. The summed E-state index contributed by atoms with van der Waals surface area (Å²) in [7, 11) is 0. The number of aldehydes is 1. The summed E-state index contributed by atoms with van der Waals surface area (Å²) in [5, 5.41) is 7.94. The van der Waals surface area contributed by atoms with E-state index in [0.29, 0.717) is 25.7 Å². The van der Waals surface area contributed by atoms with Crippen LogP contribution in [0.5, 0.6) is 0 Å². The van der Waals surface area contributed by atoms with E-state index >= 15 is 0 Å². The average Bonchev–Trinajstić information content (AvgIpc) is 3.10. The fraction of sp³-hybridized carbons (Fsp3) is 0.524. The summed E-state index contributed by atoms with van der Waals surface area (Å²) in [5.41, 5.74) is 0.836. The number of hydrogen-bond acceptors (Lipinski definition) is 5. The Balaban J connectivity index is 1.90. The molecule has 0 aliphatic carbocycles. The van der Waals surface area contributed by atoms with Gasteiger partial charge in [0.2, 0.25) is 11.8 Å². The van der Waals surface area contributed by atoms with Crippen LogP contribution in [0.2, 0.25) is 0 Å². The van der Waals surface area contributed by atoms with Crippen LogP contribution in [0.25, 0.3) is 0 Å². The number of alkyl carbamates (subject to hydrolysis) is 1. The first-order valence-electron chi connectivity index (χ1n) is 9.89. The standard InChI is InChI=1S/C21H29N3O5/c1-14(2)10-18(24-21(28)29-13-15-6-4-3-5-7-15)20(27)23-17(12-25)11-16-8-9-22-19(16)26/h3-7,12,14,16-18H,8-11,13H2,1-2H3,(H,22,26)(H,23,27)(H,24,28). The molecule has 1 heterocycles. The van der Waals surface area contributed by atoms with Crippen LogP contribution >= 0.6 is 0 Å². The number of nitrogens with one attached hydrogen (secondary N) is 3. The number of carbonyl (C=O) groups is 4. The molecule has 1 aromatic carbocycles. The Bertz CT molecular complexity index is 708. The quantitative estimate of drug-likeness (QED) is 0.513. The molecule has 0 aromatic heterocycles. The summed E-state index contributed by atoms with van der Waals surface area (Å²) >= 11 is 0. The van der Waals surface area contributed by atoms with Crippen molar-refractivity contribution in [3.8, 4) is 0 Å². The lowest BCUT2D eigenvalue weighted by atomic mass is 9.98. The molecule has 1 aromatic rings. The molecule has 3 N–H and O–H groups in total. The zero-order chi connectivity index (χ0) is 21.2. The first kappa shape index (κ1) is 22.4.